The van der Waals surface area contributed by atoms with Gasteiger partial charge in [-0.05, 0) is 19.1 Å². The van der Waals surface area contributed by atoms with Crippen molar-refractivity contribution in [3.8, 4) is 5.69 Å². The van der Waals surface area contributed by atoms with Crippen LogP contribution in [0, 0.1) is 6.92 Å². The second kappa shape index (κ2) is 5.53. The van der Waals surface area contributed by atoms with Crippen molar-refractivity contribution in [1.82, 2.24) is 9.78 Å². The van der Waals surface area contributed by atoms with Crippen LogP contribution < -0.4 is 11.1 Å². The van der Waals surface area contributed by atoms with Crippen molar-refractivity contribution < 1.29 is 9.90 Å². The van der Waals surface area contributed by atoms with E-state index in [0.717, 1.165) is 16.9 Å². The smallest absolute Gasteiger partial charge is 0.317 e. The van der Waals surface area contributed by atoms with Crippen LogP contribution in [0.3, 0.4) is 0 Å². The number of carbonyl (C=O) groups is 1. The number of amides is 2. The predicted octanol–water partition coefficient (Wildman–Crippen LogP) is 1.21. The minimum Gasteiger partial charge on any atom is -0.396 e. The highest BCUT2D eigenvalue weighted by atomic mass is 16.3. The zero-order valence-corrected chi connectivity index (χ0v) is 10.6. The van der Waals surface area contributed by atoms with Gasteiger partial charge in [0.05, 0.1) is 11.4 Å². The third-order valence-corrected chi connectivity index (χ3v) is 2.81. The molecule has 0 bridgehead atoms. The van der Waals surface area contributed by atoms with Crippen LogP contribution in [-0.2, 0) is 6.42 Å². The molecule has 100 valence electrons. The van der Waals surface area contributed by atoms with Crippen molar-refractivity contribution in [1.29, 1.82) is 0 Å². The van der Waals surface area contributed by atoms with Gasteiger partial charge in [0.2, 0.25) is 0 Å². The van der Waals surface area contributed by atoms with Crippen LogP contribution in [0.25, 0.3) is 5.69 Å². The molecule has 0 fully saturated rings. The van der Waals surface area contributed by atoms with E-state index in [2.05, 4.69) is 10.4 Å². The number of anilines is 1. The SMILES string of the molecule is Cc1c(CCO)nn(-c2ccccc2)c1NC(N)=O. The topological polar surface area (TPSA) is 93.2 Å². The van der Waals surface area contributed by atoms with E-state index in [1.54, 1.807) is 4.68 Å². The number of aliphatic hydroxyl groups excluding tert-OH is 1. The Bertz CT molecular complexity index is 578. The third-order valence-electron chi connectivity index (χ3n) is 2.81. The van der Waals surface area contributed by atoms with E-state index in [4.69, 9.17) is 10.8 Å². The number of aromatic nitrogens is 2. The zero-order chi connectivity index (χ0) is 13.8. The quantitative estimate of drug-likeness (QED) is 0.771. The molecule has 0 saturated carbocycles. The van der Waals surface area contributed by atoms with Crippen molar-refractivity contribution in [2.75, 3.05) is 11.9 Å². The number of hydrogen-bond donors (Lipinski definition) is 3. The highest BCUT2D eigenvalue weighted by Gasteiger charge is 2.16. The van der Waals surface area contributed by atoms with Crippen LogP contribution in [-0.4, -0.2) is 27.5 Å². The first-order valence-corrected chi connectivity index (χ1v) is 5.94. The monoisotopic (exact) mass is 260 g/mol. The minimum absolute atomic E-state index is 0.00263. The summed E-state index contributed by atoms with van der Waals surface area (Å²) in [5.74, 6) is 0.530. The summed E-state index contributed by atoms with van der Waals surface area (Å²) in [4.78, 5) is 11.1. The fourth-order valence-corrected chi connectivity index (χ4v) is 1.90. The number of para-hydroxylation sites is 1. The van der Waals surface area contributed by atoms with Gasteiger partial charge in [-0.15, -0.1) is 0 Å². The molecule has 0 aliphatic heterocycles. The number of nitrogens with two attached hydrogens (primary N) is 1. The van der Waals surface area contributed by atoms with Crippen molar-refractivity contribution in [2.24, 2.45) is 5.73 Å². The van der Waals surface area contributed by atoms with Crippen LogP contribution in [0.1, 0.15) is 11.3 Å². The van der Waals surface area contributed by atoms with E-state index in [9.17, 15) is 4.79 Å². The maximum Gasteiger partial charge on any atom is 0.317 e. The number of aliphatic hydroxyl groups is 1. The Kier molecular flexibility index (Phi) is 3.82. The maximum absolute atomic E-state index is 11.1. The highest BCUT2D eigenvalue weighted by molar-refractivity contribution is 5.88. The molecule has 0 aliphatic carbocycles. The van der Waals surface area contributed by atoms with E-state index < -0.39 is 6.03 Å². The maximum atomic E-state index is 11.1. The Morgan fingerprint density at radius 3 is 2.68 bits per heavy atom. The molecule has 0 unspecified atom stereocenters. The molecule has 0 radical (unpaired) electrons. The summed E-state index contributed by atoms with van der Waals surface area (Å²) in [6, 6.07) is 8.77. The Morgan fingerprint density at radius 1 is 1.42 bits per heavy atom. The number of nitrogens with zero attached hydrogens (tertiary/aromatic N) is 2. The fourth-order valence-electron chi connectivity index (χ4n) is 1.90. The first-order chi connectivity index (χ1) is 9.13. The van der Waals surface area contributed by atoms with E-state index in [1.807, 2.05) is 37.3 Å². The molecule has 0 aliphatic rings. The Balaban J connectivity index is 2.52. The average Bonchev–Trinajstić information content (AvgIpc) is 2.69. The van der Waals surface area contributed by atoms with Crippen LogP contribution in [0.2, 0.25) is 0 Å². The standard InChI is InChI=1S/C13H16N4O2/c1-9-11(7-8-18)16-17(12(9)15-13(14)19)10-5-3-2-4-6-10/h2-6,18H,7-8H2,1H3,(H3,14,15,19). The number of hydrogen-bond acceptors (Lipinski definition) is 3. The number of rotatable bonds is 4. The molecule has 4 N–H and O–H groups in total. The predicted molar refractivity (Wildman–Crippen MR) is 72.3 cm³/mol. The first kappa shape index (κ1) is 13.1. The van der Waals surface area contributed by atoms with Crippen LogP contribution >= 0.6 is 0 Å². The number of benzene rings is 1. The second-order valence-electron chi connectivity index (χ2n) is 4.13. The van der Waals surface area contributed by atoms with Gasteiger partial charge in [-0.3, -0.25) is 5.32 Å². The van der Waals surface area contributed by atoms with E-state index in [1.165, 1.54) is 0 Å². The molecule has 0 spiro atoms. The van der Waals surface area contributed by atoms with Crippen LogP contribution in [0.5, 0.6) is 0 Å². The normalized spacial score (nSPS) is 10.4. The van der Waals surface area contributed by atoms with Gasteiger partial charge < -0.3 is 10.8 Å². The third kappa shape index (κ3) is 2.74. The lowest BCUT2D eigenvalue weighted by Crippen LogP contribution is -2.21. The summed E-state index contributed by atoms with van der Waals surface area (Å²) in [6.07, 6.45) is 0.430. The number of urea groups is 1. The fraction of sp³-hybridized carbons (Fsp3) is 0.231. The summed E-state index contributed by atoms with van der Waals surface area (Å²) in [6.45, 7) is 1.84. The van der Waals surface area contributed by atoms with Crippen LogP contribution in [0.4, 0.5) is 10.6 Å². The van der Waals surface area contributed by atoms with Gasteiger partial charge in [-0.1, -0.05) is 18.2 Å². The summed E-state index contributed by atoms with van der Waals surface area (Å²) < 4.78 is 1.62. The lowest BCUT2D eigenvalue weighted by Gasteiger charge is -2.07. The summed E-state index contributed by atoms with van der Waals surface area (Å²) in [7, 11) is 0. The van der Waals surface area contributed by atoms with E-state index in [-0.39, 0.29) is 6.61 Å². The highest BCUT2D eigenvalue weighted by Crippen LogP contribution is 2.23. The molecule has 6 nitrogen and oxygen atoms in total. The van der Waals surface area contributed by atoms with Crippen molar-refractivity contribution in [3.05, 3.63) is 41.6 Å². The largest absolute Gasteiger partial charge is 0.396 e. The summed E-state index contributed by atoms with van der Waals surface area (Å²) in [5, 5.41) is 16.0. The molecule has 1 aromatic carbocycles. The number of primary amides is 1. The van der Waals surface area contributed by atoms with Crippen molar-refractivity contribution >= 4 is 11.8 Å². The van der Waals surface area contributed by atoms with Gasteiger partial charge in [0, 0.05) is 18.6 Å². The van der Waals surface area contributed by atoms with Gasteiger partial charge in [-0.2, -0.15) is 5.10 Å². The van der Waals surface area contributed by atoms with E-state index >= 15 is 0 Å². The number of carbonyl (C=O) groups excluding carboxylic acids is 1. The van der Waals surface area contributed by atoms with Crippen molar-refractivity contribution in [3.63, 3.8) is 0 Å². The molecule has 1 aromatic heterocycles. The van der Waals surface area contributed by atoms with Gasteiger partial charge in [0.15, 0.2) is 0 Å². The zero-order valence-electron chi connectivity index (χ0n) is 10.6. The Labute approximate surface area is 110 Å². The lowest BCUT2D eigenvalue weighted by molar-refractivity contribution is 0.259. The molecule has 2 rings (SSSR count). The molecule has 2 amide bonds. The second-order valence-corrected chi connectivity index (χ2v) is 4.13. The molecular formula is C13H16N4O2. The molecule has 0 saturated heterocycles. The Hall–Kier alpha value is -2.34. The van der Waals surface area contributed by atoms with Gasteiger partial charge >= 0.3 is 6.03 Å². The van der Waals surface area contributed by atoms with Crippen molar-refractivity contribution in [2.45, 2.75) is 13.3 Å². The molecule has 1 heterocycles. The van der Waals surface area contributed by atoms with Gasteiger partial charge in [-0.25, -0.2) is 9.48 Å². The van der Waals surface area contributed by atoms with E-state index in [0.29, 0.717) is 12.2 Å². The number of nitrogens with one attached hydrogen (secondary N) is 1. The average molecular weight is 260 g/mol. The first-order valence-electron chi connectivity index (χ1n) is 5.94. The lowest BCUT2D eigenvalue weighted by atomic mass is 10.2. The molecule has 6 heteroatoms. The van der Waals surface area contributed by atoms with Gasteiger partial charge in [0.25, 0.3) is 0 Å². The molecular weight excluding hydrogens is 244 g/mol. The summed E-state index contributed by atoms with van der Waals surface area (Å²) >= 11 is 0. The summed E-state index contributed by atoms with van der Waals surface area (Å²) in [5.41, 5.74) is 7.54. The molecule has 0 atom stereocenters. The van der Waals surface area contributed by atoms with Gasteiger partial charge in [0.1, 0.15) is 5.82 Å². The Morgan fingerprint density at radius 2 is 2.11 bits per heavy atom. The minimum atomic E-state index is -0.643. The van der Waals surface area contributed by atoms with Crippen LogP contribution in [0.15, 0.2) is 30.3 Å². The molecule has 2 aromatic rings. The molecule has 19 heavy (non-hydrogen) atoms.